The Bertz CT molecular complexity index is 333. The van der Waals surface area contributed by atoms with E-state index in [4.69, 9.17) is 9.52 Å². The zero-order valence-corrected chi connectivity index (χ0v) is 7.99. The fraction of sp³-hybridized carbons (Fsp3) is 0.500. The van der Waals surface area contributed by atoms with Crippen LogP contribution in [0.4, 0.5) is 0 Å². The van der Waals surface area contributed by atoms with Crippen molar-refractivity contribution >= 4 is 5.97 Å². The van der Waals surface area contributed by atoms with E-state index in [0.29, 0.717) is 13.0 Å². The number of carboxylic acids is 1. The van der Waals surface area contributed by atoms with Crippen LogP contribution in [-0.4, -0.2) is 23.2 Å². The van der Waals surface area contributed by atoms with Crippen LogP contribution in [0.2, 0.25) is 0 Å². The van der Waals surface area contributed by atoms with Crippen molar-refractivity contribution < 1.29 is 14.3 Å². The highest BCUT2D eigenvalue weighted by atomic mass is 16.4. The molecule has 0 aliphatic carbocycles. The Hall–Kier alpha value is -1.29. The van der Waals surface area contributed by atoms with E-state index in [1.54, 1.807) is 13.2 Å². The lowest BCUT2D eigenvalue weighted by Crippen LogP contribution is -2.44. The molecule has 2 heterocycles. The third-order valence-corrected chi connectivity index (χ3v) is 2.81. The Morgan fingerprint density at radius 1 is 1.79 bits per heavy atom. The Balaban J connectivity index is 2.12. The highest BCUT2D eigenvalue weighted by Gasteiger charge is 2.42. The van der Waals surface area contributed by atoms with Gasteiger partial charge in [0.05, 0.1) is 6.26 Å². The first-order chi connectivity index (χ1) is 6.62. The number of nitrogens with one attached hydrogen (secondary N) is 1. The van der Waals surface area contributed by atoms with E-state index in [1.807, 2.05) is 12.1 Å². The topological polar surface area (TPSA) is 62.5 Å². The molecule has 4 heteroatoms. The van der Waals surface area contributed by atoms with E-state index >= 15 is 0 Å². The summed E-state index contributed by atoms with van der Waals surface area (Å²) in [6, 6.07) is 3.71. The van der Waals surface area contributed by atoms with E-state index in [-0.39, 0.29) is 5.92 Å². The average Bonchev–Trinajstić information content (AvgIpc) is 2.72. The first-order valence-corrected chi connectivity index (χ1v) is 4.64. The van der Waals surface area contributed by atoms with Crippen molar-refractivity contribution in [3.8, 4) is 0 Å². The molecule has 14 heavy (non-hydrogen) atoms. The second-order valence-electron chi connectivity index (χ2n) is 3.93. The lowest BCUT2D eigenvalue weighted by Gasteiger charge is -2.17. The number of furan rings is 1. The lowest BCUT2D eigenvalue weighted by atomic mass is 9.94. The number of carbonyl (C=O) groups is 1. The van der Waals surface area contributed by atoms with Gasteiger partial charge in [0.25, 0.3) is 0 Å². The quantitative estimate of drug-likeness (QED) is 0.744. The molecule has 2 unspecified atom stereocenters. The normalized spacial score (nSPS) is 31.9. The van der Waals surface area contributed by atoms with E-state index < -0.39 is 11.5 Å². The van der Waals surface area contributed by atoms with Crippen LogP contribution in [0.1, 0.15) is 25.0 Å². The smallest absolute Gasteiger partial charge is 0.323 e. The lowest BCUT2D eigenvalue weighted by molar-refractivity contribution is -0.143. The molecule has 1 fully saturated rings. The minimum atomic E-state index is -0.808. The summed E-state index contributed by atoms with van der Waals surface area (Å²) in [5.74, 6) is 0.236. The molecule has 0 radical (unpaired) electrons. The summed E-state index contributed by atoms with van der Waals surface area (Å²) in [7, 11) is 0. The van der Waals surface area contributed by atoms with Crippen molar-refractivity contribution in [1.82, 2.24) is 5.32 Å². The van der Waals surface area contributed by atoms with Gasteiger partial charge in [-0.25, -0.2) is 0 Å². The van der Waals surface area contributed by atoms with Gasteiger partial charge in [0.15, 0.2) is 0 Å². The van der Waals surface area contributed by atoms with Crippen LogP contribution in [0.5, 0.6) is 0 Å². The number of rotatable bonds is 2. The first-order valence-electron chi connectivity index (χ1n) is 4.64. The molecule has 4 nitrogen and oxygen atoms in total. The van der Waals surface area contributed by atoms with E-state index in [1.165, 1.54) is 0 Å². The van der Waals surface area contributed by atoms with Gasteiger partial charge in [-0.15, -0.1) is 0 Å². The molecule has 0 amide bonds. The Morgan fingerprint density at radius 2 is 2.57 bits per heavy atom. The Morgan fingerprint density at radius 3 is 3.07 bits per heavy atom. The number of hydrogen-bond acceptors (Lipinski definition) is 3. The van der Waals surface area contributed by atoms with Gasteiger partial charge < -0.3 is 14.8 Å². The molecule has 76 valence electrons. The Kier molecular flexibility index (Phi) is 2.07. The molecule has 0 bridgehead atoms. The van der Waals surface area contributed by atoms with Crippen molar-refractivity contribution in [2.45, 2.75) is 24.8 Å². The van der Waals surface area contributed by atoms with Crippen LogP contribution in [0.3, 0.4) is 0 Å². The van der Waals surface area contributed by atoms with Crippen LogP contribution >= 0.6 is 0 Å². The fourth-order valence-corrected chi connectivity index (χ4v) is 1.87. The van der Waals surface area contributed by atoms with E-state index in [0.717, 1.165) is 5.76 Å². The molecule has 1 aliphatic rings. The number of hydrogen-bond donors (Lipinski definition) is 2. The van der Waals surface area contributed by atoms with Crippen molar-refractivity contribution in [2.75, 3.05) is 6.54 Å². The summed E-state index contributed by atoms with van der Waals surface area (Å²) in [6.45, 7) is 2.37. The van der Waals surface area contributed by atoms with Crippen LogP contribution in [0.15, 0.2) is 22.8 Å². The van der Waals surface area contributed by atoms with Gasteiger partial charge in [-0.3, -0.25) is 4.79 Å². The monoisotopic (exact) mass is 195 g/mol. The maximum atomic E-state index is 10.9. The van der Waals surface area contributed by atoms with Crippen LogP contribution < -0.4 is 5.32 Å². The molecule has 0 saturated carbocycles. The van der Waals surface area contributed by atoms with Crippen molar-refractivity contribution in [1.29, 1.82) is 0 Å². The van der Waals surface area contributed by atoms with Crippen LogP contribution in [0.25, 0.3) is 0 Å². The fourth-order valence-electron chi connectivity index (χ4n) is 1.87. The molecule has 1 aromatic rings. The second kappa shape index (κ2) is 3.13. The van der Waals surface area contributed by atoms with Gasteiger partial charge >= 0.3 is 5.97 Å². The SMILES string of the molecule is CC1(C(=O)O)CC(c2ccco2)CN1. The highest BCUT2D eigenvalue weighted by molar-refractivity contribution is 5.78. The number of aliphatic carboxylic acids is 1. The third kappa shape index (κ3) is 1.42. The maximum absolute atomic E-state index is 10.9. The molecule has 2 N–H and O–H groups in total. The molecule has 0 spiro atoms. The Labute approximate surface area is 81.9 Å². The maximum Gasteiger partial charge on any atom is 0.323 e. The molecular formula is C10H13NO3. The summed E-state index contributed by atoms with van der Waals surface area (Å²) in [6.07, 6.45) is 2.20. The highest BCUT2D eigenvalue weighted by Crippen LogP contribution is 2.32. The van der Waals surface area contributed by atoms with Crippen molar-refractivity contribution in [2.24, 2.45) is 0 Å². The molecule has 1 aliphatic heterocycles. The molecule has 2 atom stereocenters. The zero-order valence-electron chi connectivity index (χ0n) is 7.99. The summed E-state index contributed by atoms with van der Waals surface area (Å²) in [4.78, 5) is 10.9. The molecular weight excluding hydrogens is 182 g/mol. The number of carboxylic acid groups (broad SMARTS) is 1. The standard InChI is InChI=1S/C10H13NO3/c1-10(9(12)13)5-7(6-11-10)8-3-2-4-14-8/h2-4,7,11H,5-6H2,1H3,(H,12,13). The van der Waals surface area contributed by atoms with Gasteiger partial charge in [0, 0.05) is 12.5 Å². The molecule has 0 aromatic carbocycles. The van der Waals surface area contributed by atoms with Gasteiger partial charge in [-0.1, -0.05) is 0 Å². The summed E-state index contributed by atoms with van der Waals surface area (Å²) < 4.78 is 5.26. The van der Waals surface area contributed by atoms with Crippen molar-refractivity contribution in [3.63, 3.8) is 0 Å². The average molecular weight is 195 g/mol. The van der Waals surface area contributed by atoms with Gasteiger partial charge in [-0.05, 0) is 25.5 Å². The molecule has 1 saturated heterocycles. The van der Waals surface area contributed by atoms with Gasteiger partial charge in [0.1, 0.15) is 11.3 Å². The summed E-state index contributed by atoms with van der Waals surface area (Å²) in [5.41, 5.74) is -0.808. The van der Waals surface area contributed by atoms with Crippen LogP contribution in [0, 0.1) is 0 Å². The first kappa shape index (κ1) is 9.27. The summed E-state index contributed by atoms with van der Waals surface area (Å²) in [5, 5.41) is 12.0. The predicted molar refractivity (Wildman–Crippen MR) is 50.1 cm³/mol. The second-order valence-corrected chi connectivity index (χ2v) is 3.93. The third-order valence-electron chi connectivity index (χ3n) is 2.81. The molecule has 2 rings (SSSR count). The zero-order chi connectivity index (χ0) is 10.2. The van der Waals surface area contributed by atoms with E-state index in [2.05, 4.69) is 5.32 Å². The largest absolute Gasteiger partial charge is 0.480 e. The van der Waals surface area contributed by atoms with Crippen molar-refractivity contribution in [3.05, 3.63) is 24.2 Å². The van der Waals surface area contributed by atoms with Gasteiger partial charge in [0.2, 0.25) is 0 Å². The predicted octanol–water partition coefficient (Wildman–Crippen LogP) is 1.20. The summed E-state index contributed by atoms with van der Waals surface area (Å²) >= 11 is 0. The minimum absolute atomic E-state index is 0.172. The van der Waals surface area contributed by atoms with Crippen LogP contribution in [-0.2, 0) is 4.79 Å². The molecule has 1 aromatic heterocycles. The van der Waals surface area contributed by atoms with Gasteiger partial charge in [-0.2, -0.15) is 0 Å². The van der Waals surface area contributed by atoms with E-state index in [9.17, 15) is 4.79 Å². The minimum Gasteiger partial charge on any atom is -0.480 e.